The molecule has 9 heteroatoms. The summed E-state index contributed by atoms with van der Waals surface area (Å²) in [6.07, 6.45) is 7.87. The van der Waals surface area contributed by atoms with Gasteiger partial charge in [-0.15, -0.1) is 0 Å². The lowest BCUT2D eigenvalue weighted by Crippen LogP contribution is -2.75. The van der Waals surface area contributed by atoms with Crippen molar-refractivity contribution in [1.29, 1.82) is 0 Å². The van der Waals surface area contributed by atoms with Gasteiger partial charge < -0.3 is 15.2 Å². The second-order valence-corrected chi connectivity index (χ2v) is 12.0. The molecule has 0 radical (unpaired) electrons. The van der Waals surface area contributed by atoms with Gasteiger partial charge in [-0.1, -0.05) is 30.3 Å². The van der Waals surface area contributed by atoms with Crippen LogP contribution in [0, 0.1) is 11.6 Å². The van der Waals surface area contributed by atoms with E-state index in [1.165, 1.54) is 6.07 Å². The minimum absolute atomic E-state index is 0.00847. The Kier molecular flexibility index (Phi) is 4.84. The van der Waals surface area contributed by atoms with Crippen molar-refractivity contribution in [1.82, 2.24) is 19.9 Å². The van der Waals surface area contributed by atoms with Gasteiger partial charge in [0.05, 0.1) is 16.5 Å². The first-order chi connectivity index (χ1) is 18.9. The number of hydrogen-bond acceptors (Lipinski definition) is 7. The van der Waals surface area contributed by atoms with E-state index in [-0.39, 0.29) is 28.3 Å². The first-order valence-corrected chi connectivity index (χ1v) is 13.8. The molecule has 5 aliphatic rings. The molecule has 39 heavy (non-hydrogen) atoms. The highest BCUT2D eigenvalue weighted by Gasteiger charge is 2.67. The lowest BCUT2D eigenvalue weighted by Gasteiger charge is -2.67. The molecule has 0 atom stereocenters. The van der Waals surface area contributed by atoms with Crippen LogP contribution in [0.25, 0.3) is 32.9 Å². The molecular weight excluding hydrogens is 500 g/mol. The van der Waals surface area contributed by atoms with E-state index in [2.05, 4.69) is 25.2 Å². The van der Waals surface area contributed by atoms with Crippen molar-refractivity contribution in [2.45, 2.75) is 61.6 Å². The van der Waals surface area contributed by atoms with Crippen molar-refractivity contribution in [3.63, 3.8) is 0 Å². The van der Waals surface area contributed by atoms with Crippen LogP contribution in [0.4, 0.5) is 14.6 Å². The number of halogens is 2. The Hall–Kier alpha value is -3.43. The molecule has 0 amide bonds. The van der Waals surface area contributed by atoms with Crippen LogP contribution in [0.5, 0.6) is 6.01 Å². The molecule has 0 spiro atoms. The predicted molar refractivity (Wildman–Crippen MR) is 144 cm³/mol. The number of rotatable bonds is 6. The molecule has 4 heterocycles. The molecule has 2 saturated heterocycles. The van der Waals surface area contributed by atoms with Crippen LogP contribution in [0.1, 0.15) is 44.9 Å². The zero-order valence-corrected chi connectivity index (χ0v) is 21.5. The Morgan fingerprint density at radius 3 is 2.49 bits per heavy atom. The highest BCUT2D eigenvalue weighted by molar-refractivity contribution is 5.99. The van der Waals surface area contributed by atoms with Crippen molar-refractivity contribution in [3.05, 3.63) is 54.2 Å². The molecule has 2 aromatic heterocycles. The molecule has 2 N–H and O–H groups in total. The number of anilines is 1. The lowest BCUT2D eigenvalue weighted by atomic mass is 9.46. The molecule has 0 unspecified atom stereocenters. The smallest absolute Gasteiger partial charge is 0.319 e. The number of nitrogens with one attached hydrogen (secondary N) is 1. The summed E-state index contributed by atoms with van der Waals surface area (Å²) >= 11 is 0. The van der Waals surface area contributed by atoms with Crippen LogP contribution < -0.4 is 10.1 Å². The number of aliphatic hydroxyl groups is 1. The minimum atomic E-state index is -0.642. The van der Waals surface area contributed by atoms with E-state index < -0.39 is 17.2 Å². The van der Waals surface area contributed by atoms with Crippen LogP contribution in [0.3, 0.4) is 0 Å². The van der Waals surface area contributed by atoms with E-state index in [1.54, 1.807) is 36.5 Å². The molecular formula is C30H29F2N5O2. The van der Waals surface area contributed by atoms with E-state index in [9.17, 15) is 9.50 Å². The van der Waals surface area contributed by atoms with Gasteiger partial charge in [0.25, 0.3) is 0 Å². The zero-order chi connectivity index (χ0) is 26.4. The molecule has 2 aromatic carbocycles. The summed E-state index contributed by atoms with van der Waals surface area (Å²) in [6.45, 7) is 2.60. The van der Waals surface area contributed by atoms with Gasteiger partial charge in [0.1, 0.15) is 29.5 Å². The Labute approximate surface area is 224 Å². The maximum atomic E-state index is 16.3. The number of ether oxygens (including phenoxy) is 1. The summed E-state index contributed by atoms with van der Waals surface area (Å²) in [4.78, 5) is 16.2. The summed E-state index contributed by atoms with van der Waals surface area (Å²) in [5.41, 5.74) is -0.381. The fourth-order valence-electron chi connectivity index (χ4n) is 7.65. The SMILES string of the molecule is OC12CC(Nc3nc(OCC45CCCN4CCC5)nc4c(F)c(-c5cccc6cccc(F)c56)ncc34)(C1)C2. The van der Waals surface area contributed by atoms with E-state index in [0.29, 0.717) is 53.4 Å². The van der Waals surface area contributed by atoms with Crippen molar-refractivity contribution < 1.29 is 18.6 Å². The highest BCUT2D eigenvalue weighted by atomic mass is 19.1. The maximum absolute atomic E-state index is 16.3. The normalized spacial score (nSPS) is 26.8. The molecule has 2 bridgehead atoms. The lowest BCUT2D eigenvalue weighted by molar-refractivity contribution is -0.195. The first kappa shape index (κ1) is 23.5. The molecule has 200 valence electrons. The molecule has 2 aliphatic heterocycles. The van der Waals surface area contributed by atoms with Crippen LogP contribution in [-0.2, 0) is 0 Å². The van der Waals surface area contributed by atoms with Crippen LogP contribution in [0.2, 0.25) is 0 Å². The largest absolute Gasteiger partial charge is 0.461 e. The molecule has 4 aromatic rings. The first-order valence-electron chi connectivity index (χ1n) is 13.8. The average molecular weight is 530 g/mol. The third-order valence-electron chi connectivity index (χ3n) is 9.44. The number of hydrogen-bond donors (Lipinski definition) is 2. The van der Waals surface area contributed by atoms with Crippen LogP contribution in [0.15, 0.2) is 42.6 Å². The van der Waals surface area contributed by atoms with Gasteiger partial charge in [0, 0.05) is 22.7 Å². The number of pyridine rings is 1. The highest BCUT2D eigenvalue weighted by Crippen LogP contribution is 2.61. The molecule has 7 nitrogen and oxygen atoms in total. The Morgan fingerprint density at radius 1 is 1.00 bits per heavy atom. The van der Waals surface area contributed by atoms with Gasteiger partial charge in [0.15, 0.2) is 5.82 Å². The Balaban J connectivity index is 1.23. The van der Waals surface area contributed by atoms with Gasteiger partial charge in [-0.3, -0.25) is 9.88 Å². The van der Waals surface area contributed by atoms with E-state index in [1.807, 2.05) is 0 Å². The summed E-state index contributed by atoms with van der Waals surface area (Å²) in [7, 11) is 0. The maximum Gasteiger partial charge on any atom is 0.319 e. The van der Waals surface area contributed by atoms with E-state index in [0.717, 1.165) is 38.8 Å². The topological polar surface area (TPSA) is 83.4 Å². The van der Waals surface area contributed by atoms with E-state index >= 15 is 4.39 Å². The van der Waals surface area contributed by atoms with Gasteiger partial charge in [0.2, 0.25) is 0 Å². The number of aromatic nitrogens is 3. The van der Waals surface area contributed by atoms with Crippen molar-refractivity contribution >= 4 is 27.5 Å². The third-order valence-corrected chi connectivity index (χ3v) is 9.44. The molecule has 3 saturated carbocycles. The minimum Gasteiger partial charge on any atom is -0.461 e. The second kappa shape index (κ2) is 8.05. The summed E-state index contributed by atoms with van der Waals surface area (Å²) < 4.78 is 37.5. The molecule has 5 fully saturated rings. The number of benzene rings is 2. The number of nitrogens with zero attached hydrogens (tertiary/aromatic N) is 4. The quantitative estimate of drug-likeness (QED) is 0.355. The molecule has 3 aliphatic carbocycles. The van der Waals surface area contributed by atoms with Crippen LogP contribution in [-0.4, -0.2) is 61.3 Å². The monoisotopic (exact) mass is 529 g/mol. The van der Waals surface area contributed by atoms with Gasteiger partial charge in [-0.05, 0) is 69.5 Å². The van der Waals surface area contributed by atoms with Crippen LogP contribution >= 0.6 is 0 Å². The Morgan fingerprint density at radius 2 is 1.74 bits per heavy atom. The average Bonchev–Trinajstić information content (AvgIpc) is 3.47. The summed E-state index contributed by atoms with van der Waals surface area (Å²) in [5, 5.41) is 15.2. The van der Waals surface area contributed by atoms with Crippen molar-refractivity contribution in [2.75, 3.05) is 25.0 Å². The van der Waals surface area contributed by atoms with Crippen molar-refractivity contribution in [3.8, 4) is 17.3 Å². The standard InChI is InChI=1S/C30H29F2N5O2/c31-21-8-2-6-18-5-1-7-19(22(18)21)24-23(32)25-20(13-33-24)26(36-28-14-30(38,15-28)16-28)35-27(34-25)39-17-29-9-3-11-37(29)12-4-10-29/h1-2,5-8,13,38H,3-4,9-12,14-17H2,(H,34,35,36). The predicted octanol–water partition coefficient (Wildman–Crippen LogP) is 5.21. The Bertz CT molecular complexity index is 1630. The molecule has 9 rings (SSSR count). The van der Waals surface area contributed by atoms with Gasteiger partial charge in [-0.2, -0.15) is 9.97 Å². The summed E-state index contributed by atoms with van der Waals surface area (Å²) in [6, 6.07) is 10.2. The fourth-order valence-corrected chi connectivity index (χ4v) is 7.65. The van der Waals surface area contributed by atoms with Gasteiger partial charge >= 0.3 is 6.01 Å². The fraction of sp³-hybridized carbons (Fsp3) is 0.433. The van der Waals surface area contributed by atoms with Crippen molar-refractivity contribution in [2.24, 2.45) is 0 Å². The summed E-state index contributed by atoms with van der Waals surface area (Å²) in [5.74, 6) is -0.626. The second-order valence-electron chi connectivity index (χ2n) is 12.0. The third kappa shape index (κ3) is 3.49. The number of fused-ring (bicyclic) bond motifs is 3. The van der Waals surface area contributed by atoms with Gasteiger partial charge in [-0.25, -0.2) is 8.78 Å². The zero-order valence-electron chi connectivity index (χ0n) is 21.5. The van der Waals surface area contributed by atoms with E-state index in [4.69, 9.17) is 4.74 Å².